The Morgan fingerprint density at radius 2 is 2.25 bits per heavy atom. The quantitative estimate of drug-likeness (QED) is 0.865. The molecule has 0 saturated heterocycles. The van der Waals surface area contributed by atoms with Crippen LogP contribution >= 0.6 is 23.1 Å². The third-order valence-electron chi connectivity index (χ3n) is 3.48. The van der Waals surface area contributed by atoms with Crippen LogP contribution in [0.15, 0.2) is 40.2 Å². The maximum absolute atomic E-state index is 5.36. The van der Waals surface area contributed by atoms with Gasteiger partial charge in [0.2, 0.25) is 0 Å². The van der Waals surface area contributed by atoms with Gasteiger partial charge in [-0.3, -0.25) is 4.99 Å². The molecular formula is C15H14N2OS2. The van der Waals surface area contributed by atoms with Crippen LogP contribution in [0, 0.1) is 0 Å². The number of benzene rings is 1. The Labute approximate surface area is 125 Å². The first kappa shape index (κ1) is 12.4. The molecule has 1 aromatic heterocycles. The summed E-state index contributed by atoms with van der Waals surface area (Å²) in [5.41, 5.74) is 1.30. The van der Waals surface area contributed by atoms with Gasteiger partial charge in [-0.1, -0.05) is 30.0 Å². The number of ether oxygens (including phenoxy) is 1. The zero-order chi connectivity index (χ0) is 13.5. The van der Waals surface area contributed by atoms with Crippen molar-refractivity contribution in [3.8, 4) is 0 Å². The minimum Gasteiger partial charge on any atom is -0.379 e. The molecule has 2 aromatic rings. The summed E-state index contributed by atoms with van der Waals surface area (Å²) in [5, 5.41) is 2.44. The Morgan fingerprint density at radius 1 is 1.35 bits per heavy atom. The lowest BCUT2D eigenvalue weighted by Gasteiger charge is -2.15. The Balaban J connectivity index is 1.84. The molecule has 3 nitrogen and oxygen atoms in total. The molecule has 0 radical (unpaired) electrons. The van der Waals surface area contributed by atoms with Crippen molar-refractivity contribution in [1.82, 2.24) is 4.90 Å². The topological polar surface area (TPSA) is 24.8 Å². The number of fused-ring (bicyclic) bond motifs is 2. The Kier molecular flexibility index (Phi) is 3.06. The van der Waals surface area contributed by atoms with Gasteiger partial charge in [0, 0.05) is 23.3 Å². The number of thioether (sulfide) groups is 1. The smallest absolute Gasteiger partial charge is 0.168 e. The van der Waals surface area contributed by atoms with E-state index in [2.05, 4.69) is 40.2 Å². The lowest BCUT2D eigenvalue weighted by atomic mass is 10.2. The summed E-state index contributed by atoms with van der Waals surface area (Å²) in [6.07, 6.45) is 0. The maximum Gasteiger partial charge on any atom is 0.168 e. The van der Waals surface area contributed by atoms with Crippen LogP contribution in [0.1, 0.15) is 4.88 Å². The average Bonchev–Trinajstić information content (AvgIpc) is 3.11. The second-order valence-electron chi connectivity index (χ2n) is 4.77. The van der Waals surface area contributed by atoms with Crippen LogP contribution in [0.25, 0.3) is 15.8 Å². The molecule has 4 rings (SSSR count). The molecule has 5 heteroatoms. The monoisotopic (exact) mass is 302 g/mol. The molecule has 3 heterocycles. The fourth-order valence-corrected chi connectivity index (χ4v) is 5.00. The molecule has 102 valence electrons. The Morgan fingerprint density at radius 3 is 3.10 bits per heavy atom. The van der Waals surface area contributed by atoms with Crippen molar-refractivity contribution in [2.24, 2.45) is 4.99 Å². The minimum absolute atomic E-state index is 0.657. The summed E-state index contributed by atoms with van der Waals surface area (Å²) in [4.78, 5) is 9.50. The lowest BCUT2D eigenvalue weighted by Crippen LogP contribution is -2.19. The average molecular weight is 302 g/mol. The highest BCUT2D eigenvalue weighted by molar-refractivity contribution is 8.17. The molecule has 2 aliphatic rings. The molecule has 0 bridgehead atoms. The van der Waals surface area contributed by atoms with Gasteiger partial charge >= 0.3 is 0 Å². The van der Waals surface area contributed by atoms with Crippen molar-refractivity contribution < 1.29 is 4.74 Å². The van der Waals surface area contributed by atoms with E-state index in [1.54, 1.807) is 18.9 Å². The fourth-order valence-electron chi connectivity index (χ4n) is 2.63. The second-order valence-corrected chi connectivity index (χ2v) is 6.92. The number of thiophene rings is 1. The highest BCUT2D eigenvalue weighted by Gasteiger charge is 2.33. The van der Waals surface area contributed by atoms with Crippen LogP contribution in [-0.4, -0.2) is 36.9 Å². The normalized spacial score (nSPS) is 18.1. The van der Waals surface area contributed by atoms with E-state index in [0.29, 0.717) is 6.61 Å². The molecule has 0 amide bonds. The van der Waals surface area contributed by atoms with Gasteiger partial charge < -0.3 is 9.64 Å². The molecule has 1 aromatic carbocycles. The summed E-state index contributed by atoms with van der Waals surface area (Å²) < 4.78 is 6.70. The van der Waals surface area contributed by atoms with E-state index >= 15 is 0 Å². The molecule has 20 heavy (non-hydrogen) atoms. The van der Waals surface area contributed by atoms with Crippen LogP contribution in [0.4, 0.5) is 0 Å². The predicted molar refractivity (Wildman–Crippen MR) is 87.2 cm³/mol. The van der Waals surface area contributed by atoms with Crippen LogP contribution in [0.3, 0.4) is 0 Å². The molecule has 0 spiro atoms. The number of aliphatic imine (C=N–C) groups is 1. The first-order valence-electron chi connectivity index (χ1n) is 6.57. The van der Waals surface area contributed by atoms with E-state index < -0.39 is 0 Å². The van der Waals surface area contributed by atoms with Crippen molar-refractivity contribution in [3.05, 3.63) is 40.1 Å². The highest BCUT2D eigenvalue weighted by Crippen LogP contribution is 2.44. The molecule has 0 fully saturated rings. The largest absolute Gasteiger partial charge is 0.379 e. The predicted octanol–water partition coefficient (Wildman–Crippen LogP) is 3.63. The fraction of sp³-hybridized carbons (Fsp3) is 0.267. The van der Waals surface area contributed by atoms with Gasteiger partial charge in [-0.15, -0.1) is 11.3 Å². The van der Waals surface area contributed by atoms with Crippen molar-refractivity contribution >= 4 is 44.0 Å². The first-order valence-corrected chi connectivity index (χ1v) is 8.21. The maximum atomic E-state index is 5.36. The van der Waals surface area contributed by atoms with Crippen LogP contribution < -0.4 is 0 Å². The lowest BCUT2D eigenvalue weighted by molar-refractivity contribution is 0.231. The van der Waals surface area contributed by atoms with Gasteiger partial charge in [0.1, 0.15) is 0 Å². The highest BCUT2D eigenvalue weighted by atomic mass is 32.2. The SMILES string of the molecule is COCC1=C(c2cc3ccccc3s2)N2CCN=C2S1. The van der Waals surface area contributed by atoms with Gasteiger partial charge in [-0.05, 0) is 17.5 Å². The van der Waals surface area contributed by atoms with Gasteiger partial charge in [-0.2, -0.15) is 0 Å². The summed E-state index contributed by atoms with van der Waals surface area (Å²) in [7, 11) is 1.75. The van der Waals surface area contributed by atoms with E-state index in [1.807, 2.05) is 11.3 Å². The third kappa shape index (κ3) is 1.89. The van der Waals surface area contributed by atoms with E-state index in [4.69, 9.17) is 4.74 Å². The Bertz CT molecular complexity index is 699. The number of rotatable bonds is 3. The van der Waals surface area contributed by atoms with Gasteiger partial charge in [-0.25, -0.2) is 0 Å². The van der Waals surface area contributed by atoms with Crippen molar-refractivity contribution in [2.75, 3.05) is 26.8 Å². The first-order chi connectivity index (χ1) is 9.86. The van der Waals surface area contributed by atoms with Crippen LogP contribution in [0.2, 0.25) is 0 Å². The van der Waals surface area contributed by atoms with Gasteiger partial charge in [0.25, 0.3) is 0 Å². The van der Waals surface area contributed by atoms with E-state index in [9.17, 15) is 0 Å². The number of amidine groups is 1. The zero-order valence-corrected chi connectivity index (χ0v) is 12.8. The van der Waals surface area contributed by atoms with Gasteiger partial charge in [0.15, 0.2) is 5.17 Å². The summed E-state index contributed by atoms with van der Waals surface area (Å²) in [6, 6.07) is 10.8. The molecule has 0 N–H and O–H groups in total. The van der Waals surface area contributed by atoms with Crippen molar-refractivity contribution in [1.29, 1.82) is 0 Å². The zero-order valence-electron chi connectivity index (χ0n) is 11.1. The summed E-state index contributed by atoms with van der Waals surface area (Å²) >= 11 is 3.61. The van der Waals surface area contributed by atoms with E-state index in [0.717, 1.165) is 18.3 Å². The van der Waals surface area contributed by atoms with Crippen molar-refractivity contribution in [3.63, 3.8) is 0 Å². The standard InChI is InChI=1S/C15H14N2OS2/c1-18-9-13-14(17-7-6-16-15(17)20-13)12-8-10-4-2-3-5-11(10)19-12/h2-5,8H,6-7,9H2,1H3. The number of methoxy groups -OCH3 is 1. The van der Waals surface area contributed by atoms with E-state index in [1.165, 1.54) is 25.6 Å². The molecule has 0 aliphatic carbocycles. The van der Waals surface area contributed by atoms with Crippen LogP contribution in [-0.2, 0) is 4.74 Å². The number of hydrogen-bond acceptors (Lipinski definition) is 5. The second kappa shape index (κ2) is 4.91. The molecule has 0 unspecified atom stereocenters. The summed E-state index contributed by atoms with van der Waals surface area (Å²) in [5.74, 6) is 0. The van der Waals surface area contributed by atoms with Gasteiger partial charge in [0.05, 0.1) is 23.7 Å². The molecule has 0 atom stereocenters. The van der Waals surface area contributed by atoms with E-state index in [-0.39, 0.29) is 0 Å². The molecular weight excluding hydrogens is 288 g/mol. The minimum atomic E-state index is 0.657. The molecule has 0 saturated carbocycles. The number of hydrogen-bond donors (Lipinski definition) is 0. The summed E-state index contributed by atoms with van der Waals surface area (Å²) in [6.45, 7) is 2.54. The molecule has 2 aliphatic heterocycles. The Hall–Kier alpha value is -1.30. The van der Waals surface area contributed by atoms with Crippen molar-refractivity contribution in [2.45, 2.75) is 0 Å². The van der Waals surface area contributed by atoms with Crippen LogP contribution in [0.5, 0.6) is 0 Å². The number of nitrogens with zero attached hydrogens (tertiary/aromatic N) is 2. The third-order valence-corrected chi connectivity index (χ3v) is 5.70.